The Kier molecular flexibility index (Phi) is 6.19. The molecule has 0 saturated carbocycles. The van der Waals surface area contributed by atoms with Crippen molar-refractivity contribution < 1.29 is 4.79 Å². The van der Waals surface area contributed by atoms with E-state index in [4.69, 9.17) is 0 Å². The van der Waals surface area contributed by atoms with E-state index in [1.165, 1.54) is 5.56 Å². The third kappa shape index (κ3) is 3.88. The van der Waals surface area contributed by atoms with Crippen LogP contribution in [0.2, 0.25) is 0 Å². The first-order valence-electron chi connectivity index (χ1n) is 9.47. The van der Waals surface area contributed by atoms with Gasteiger partial charge in [0.1, 0.15) is 5.82 Å². The minimum atomic E-state index is 0. The van der Waals surface area contributed by atoms with Gasteiger partial charge in [-0.2, -0.15) is 0 Å². The van der Waals surface area contributed by atoms with Crippen molar-refractivity contribution in [2.24, 2.45) is 7.05 Å². The van der Waals surface area contributed by atoms with Crippen LogP contribution in [0.25, 0.3) is 0 Å². The minimum absolute atomic E-state index is 0. The van der Waals surface area contributed by atoms with Crippen LogP contribution >= 0.6 is 12.4 Å². The Morgan fingerprint density at radius 3 is 2.93 bits per heavy atom. The number of aromatic nitrogens is 2. The van der Waals surface area contributed by atoms with Crippen molar-refractivity contribution in [2.45, 2.75) is 31.8 Å². The third-order valence-electron chi connectivity index (χ3n) is 5.64. The van der Waals surface area contributed by atoms with Gasteiger partial charge in [0.25, 0.3) is 0 Å². The molecule has 27 heavy (non-hydrogen) atoms. The first-order valence-corrected chi connectivity index (χ1v) is 9.47. The van der Waals surface area contributed by atoms with Gasteiger partial charge in [0.05, 0.1) is 12.6 Å². The lowest BCUT2D eigenvalue weighted by Crippen LogP contribution is -2.52. The monoisotopic (exact) mass is 389 g/mol. The highest BCUT2D eigenvalue weighted by Gasteiger charge is 2.33. The lowest BCUT2D eigenvalue weighted by atomic mass is 9.96. The molecule has 0 aliphatic carbocycles. The Morgan fingerprint density at radius 2 is 2.15 bits per heavy atom. The van der Waals surface area contributed by atoms with Crippen molar-refractivity contribution in [1.82, 2.24) is 19.8 Å². The second-order valence-corrected chi connectivity index (χ2v) is 7.37. The number of carbonyl (C=O) groups is 1. The van der Waals surface area contributed by atoms with Crippen molar-refractivity contribution in [3.63, 3.8) is 0 Å². The Balaban J connectivity index is 0.00000210. The molecular weight excluding hydrogens is 362 g/mol. The number of hydrogen-bond acceptors (Lipinski definition) is 4. The molecule has 1 fully saturated rings. The second kappa shape index (κ2) is 8.42. The van der Waals surface area contributed by atoms with Gasteiger partial charge in [-0.3, -0.25) is 9.69 Å². The van der Waals surface area contributed by atoms with E-state index in [1.54, 1.807) is 0 Å². The number of nitrogens with zero attached hydrogens (tertiary/aromatic N) is 4. The van der Waals surface area contributed by atoms with E-state index >= 15 is 0 Å². The molecule has 0 spiro atoms. The first kappa shape index (κ1) is 19.9. The predicted molar refractivity (Wildman–Crippen MR) is 109 cm³/mol. The van der Waals surface area contributed by atoms with Gasteiger partial charge >= 0.3 is 0 Å². The summed E-state index contributed by atoms with van der Waals surface area (Å²) in [6.07, 6.45) is 5.86. The third-order valence-corrected chi connectivity index (χ3v) is 5.64. The van der Waals surface area contributed by atoms with E-state index in [0.717, 1.165) is 44.0 Å². The summed E-state index contributed by atoms with van der Waals surface area (Å²) >= 11 is 0. The van der Waals surface area contributed by atoms with E-state index in [0.29, 0.717) is 6.54 Å². The van der Waals surface area contributed by atoms with E-state index in [-0.39, 0.29) is 30.4 Å². The number of halogens is 1. The van der Waals surface area contributed by atoms with Crippen molar-refractivity contribution in [3.8, 4) is 0 Å². The van der Waals surface area contributed by atoms with E-state index in [1.807, 2.05) is 35.0 Å². The fourth-order valence-corrected chi connectivity index (χ4v) is 4.21. The van der Waals surface area contributed by atoms with Gasteiger partial charge in [0.15, 0.2) is 0 Å². The topological polar surface area (TPSA) is 53.4 Å². The molecule has 1 aromatic carbocycles. The summed E-state index contributed by atoms with van der Waals surface area (Å²) in [5, 5.41) is 3.44. The summed E-state index contributed by atoms with van der Waals surface area (Å²) in [6.45, 7) is 5.16. The molecular formula is C20H28ClN5O. The normalized spacial score (nSPS) is 22.8. The summed E-state index contributed by atoms with van der Waals surface area (Å²) in [5.41, 5.74) is 2.36. The summed E-state index contributed by atoms with van der Waals surface area (Å²) in [6, 6.07) is 8.68. The predicted octanol–water partition coefficient (Wildman–Crippen LogP) is 2.16. The highest BCUT2D eigenvalue weighted by atomic mass is 35.5. The maximum absolute atomic E-state index is 13.3. The van der Waals surface area contributed by atoms with Crippen LogP contribution in [0, 0.1) is 0 Å². The van der Waals surface area contributed by atoms with Gasteiger partial charge in [0, 0.05) is 50.8 Å². The van der Waals surface area contributed by atoms with Crippen LogP contribution in [0.4, 0.5) is 5.69 Å². The number of carbonyl (C=O) groups excluding carboxylic acids is 1. The zero-order chi connectivity index (χ0) is 18.1. The summed E-state index contributed by atoms with van der Waals surface area (Å²) in [4.78, 5) is 22.1. The highest BCUT2D eigenvalue weighted by Crippen LogP contribution is 2.31. The summed E-state index contributed by atoms with van der Waals surface area (Å²) < 4.78 is 2.05. The van der Waals surface area contributed by atoms with Crippen molar-refractivity contribution in [2.75, 3.05) is 31.1 Å². The van der Waals surface area contributed by atoms with Gasteiger partial charge in [-0.1, -0.05) is 18.2 Å². The molecule has 1 saturated heterocycles. The molecule has 3 heterocycles. The SMILES string of the molecule is CC1CCc2ccccc2N1C(=O)CN1CCNCC1c1nccn1C.Cl. The largest absolute Gasteiger partial charge is 0.337 e. The Hall–Kier alpha value is -1.89. The molecule has 1 N–H and O–H groups in total. The number of anilines is 1. The average molecular weight is 390 g/mol. The molecule has 146 valence electrons. The minimum Gasteiger partial charge on any atom is -0.337 e. The molecule has 1 aromatic heterocycles. The molecule has 7 heteroatoms. The molecule has 2 unspecified atom stereocenters. The number of rotatable bonds is 3. The van der Waals surface area contributed by atoms with Crippen LogP contribution in [0.3, 0.4) is 0 Å². The number of aryl methyl sites for hydroxylation is 2. The van der Waals surface area contributed by atoms with Crippen molar-refractivity contribution in [1.29, 1.82) is 0 Å². The first-order chi connectivity index (χ1) is 12.6. The lowest BCUT2D eigenvalue weighted by Gasteiger charge is -2.39. The molecule has 0 bridgehead atoms. The molecule has 4 rings (SSSR count). The molecule has 2 aromatic rings. The van der Waals surface area contributed by atoms with Crippen molar-refractivity contribution in [3.05, 3.63) is 48.0 Å². The fourth-order valence-electron chi connectivity index (χ4n) is 4.21. The van der Waals surface area contributed by atoms with E-state index < -0.39 is 0 Å². The van der Waals surface area contributed by atoms with Gasteiger partial charge in [-0.25, -0.2) is 4.98 Å². The van der Waals surface area contributed by atoms with Crippen LogP contribution in [0.1, 0.15) is 30.8 Å². The van der Waals surface area contributed by atoms with Gasteiger partial charge < -0.3 is 14.8 Å². The van der Waals surface area contributed by atoms with Crippen LogP contribution in [0.5, 0.6) is 0 Å². The van der Waals surface area contributed by atoms with Crippen LogP contribution < -0.4 is 10.2 Å². The van der Waals surface area contributed by atoms with Gasteiger partial charge in [0.2, 0.25) is 5.91 Å². The highest BCUT2D eigenvalue weighted by molar-refractivity contribution is 5.96. The number of hydrogen-bond donors (Lipinski definition) is 1. The molecule has 2 aliphatic rings. The standard InChI is InChI=1S/C20H27N5O.ClH/c1-15-7-8-16-5-3-4-6-17(16)25(15)19(26)14-24-12-9-21-13-18(24)20-22-10-11-23(20)2;/h3-6,10-11,15,18,21H,7-9,12-14H2,1-2H3;1H. The Morgan fingerprint density at radius 1 is 1.33 bits per heavy atom. The van der Waals surface area contributed by atoms with Crippen molar-refractivity contribution >= 4 is 24.0 Å². The number of imidazole rings is 1. The molecule has 6 nitrogen and oxygen atoms in total. The number of amides is 1. The Bertz CT molecular complexity index is 792. The zero-order valence-electron chi connectivity index (χ0n) is 16.0. The Labute approximate surface area is 167 Å². The number of nitrogens with one attached hydrogen (secondary N) is 1. The summed E-state index contributed by atoms with van der Waals surface area (Å²) in [5.74, 6) is 1.20. The molecule has 2 aliphatic heterocycles. The maximum Gasteiger partial charge on any atom is 0.241 e. The quantitative estimate of drug-likeness (QED) is 0.874. The molecule has 1 amide bonds. The van der Waals surface area contributed by atoms with Crippen LogP contribution in [0.15, 0.2) is 36.7 Å². The number of benzene rings is 1. The van der Waals surface area contributed by atoms with Crippen LogP contribution in [-0.2, 0) is 18.3 Å². The summed E-state index contributed by atoms with van der Waals surface area (Å²) in [7, 11) is 2.01. The van der Waals surface area contributed by atoms with Gasteiger partial charge in [-0.15, -0.1) is 12.4 Å². The number of para-hydroxylation sites is 1. The number of fused-ring (bicyclic) bond motifs is 1. The smallest absolute Gasteiger partial charge is 0.241 e. The fraction of sp³-hybridized carbons (Fsp3) is 0.500. The second-order valence-electron chi connectivity index (χ2n) is 7.37. The van der Waals surface area contributed by atoms with E-state index in [2.05, 4.69) is 40.3 Å². The average Bonchev–Trinajstić information content (AvgIpc) is 3.07. The zero-order valence-corrected chi connectivity index (χ0v) is 16.8. The molecule has 0 radical (unpaired) electrons. The van der Waals surface area contributed by atoms with E-state index in [9.17, 15) is 4.79 Å². The lowest BCUT2D eigenvalue weighted by molar-refractivity contribution is -0.121. The molecule has 2 atom stereocenters. The van der Waals surface area contributed by atoms with Crippen LogP contribution in [-0.4, -0.2) is 52.6 Å². The number of piperazine rings is 1. The van der Waals surface area contributed by atoms with Gasteiger partial charge in [-0.05, 0) is 31.4 Å². The maximum atomic E-state index is 13.3.